The number of carbonyl (C=O) groups excluding carboxylic acids is 2. The molecule has 0 saturated carbocycles. The van der Waals surface area contributed by atoms with E-state index < -0.39 is 0 Å². The molecule has 3 aromatic rings. The van der Waals surface area contributed by atoms with E-state index in [4.69, 9.17) is 4.74 Å². The van der Waals surface area contributed by atoms with Gasteiger partial charge in [-0.1, -0.05) is 67.9 Å². The average Bonchev–Trinajstić information content (AvgIpc) is 2.93. The van der Waals surface area contributed by atoms with Crippen LogP contribution in [0.25, 0.3) is 6.08 Å². The van der Waals surface area contributed by atoms with E-state index in [0.29, 0.717) is 24.4 Å². The molecule has 6 heteroatoms. The van der Waals surface area contributed by atoms with Crippen molar-refractivity contribution in [3.8, 4) is 5.75 Å². The highest BCUT2D eigenvalue weighted by atomic mass is 16.5. The average molecular weight is 538 g/mol. The molecule has 2 aliphatic heterocycles. The number of anilines is 1. The molecule has 5 rings (SSSR count). The third-order valence-electron chi connectivity index (χ3n) is 7.61. The zero-order chi connectivity index (χ0) is 28.1. The van der Waals surface area contributed by atoms with Crippen molar-refractivity contribution < 1.29 is 14.3 Å². The van der Waals surface area contributed by atoms with Gasteiger partial charge in [-0.05, 0) is 79.6 Å². The molecule has 1 fully saturated rings. The topological polar surface area (TPSA) is 61.9 Å². The van der Waals surface area contributed by atoms with E-state index in [2.05, 4.69) is 30.1 Å². The Hall–Kier alpha value is -3.90. The summed E-state index contributed by atoms with van der Waals surface area (Å²) in [5, 5.41) is 3.05. The Balaban J connectivity index is 1.21. The SMILES string of the molecule is Cc1cccc(CN2C(=O)/C(=C\c3ccc(C(=O)NCCCN4CC(C)CC(C)C4)cc3)Oc3ccccc32)c1. The maximum atomic E-state index is 13.5. The fourth-order valence-corrected chi connectivity index (χ4v) is 5.88. The predicted molar refractivity (Wildman–Crippen MR) is 160 cm³/mol. The number of para-hydroxylation sites is 2. The first-order chi connectivity index (χ1) is 19.4. The maximum absolute atomic E-state index is 13.5. The van der Waals surface area contributed by atoms with Crippen LogP contribution in [0.3, 0.4) is 0 Å². The summed E-state index contributed by atoms with van der Waals surface area (Å²) in [6.07, 6.45) is 3.98. The Morgan fingerprint density at radius 2 is 1.75 bits per heavy atom. The minimum atomic E-state index is -0.195. The summed E-state index contributed by atoms with van der Waals surface area (Å²) in [6, 6.07) is 23.0. The molecule has 40 heavy (non-hydrogen) atoms. The van der Waals surface area contributed by atoms with Crippen LogP contribution in [0.2, 0.25) is 0 Å². The fourth-order valence-electron chi connectivity index (χ4n) is 5.88. The summed E-state index contributed by atoms with van der Waals surface area (Å²) in [5.41, 5.74) is 4.35. The number of likely N-dealkylation sites (tertiary alicyclic amines) is 1. The maximum Gasteiger partial charge on any atom is 0.294 e. The zero-order valence-corrected chi connectivity index (χ0v) is 23.7. The molecule has 2 amide bonds. The second-order valence-electron chi connectivity index (χ2n) is 11.4. The van der Waals surface area contributed by atoms with Gasteiger partial charge in [0.05, 0.1) is 12.2 Å². The lowest BCUT2D eigenvalue weighted by atomic mass is 9.92. The molecule has 2 aliphatic rings. The number of hydrogen-bond donors (Lipinski definition) is 1. The summed E-state index contributed by atoms with van der Waals surface area (Å²) in [7, 11) is 0. The molecule has 2 atom stereocenters. The van der Waals surface area contributed by atoms with Gasteiger partial charge < -0.3 is 15.0 Å². The third kappa shape index (κ3) is 6.80. The van der Waals surface area contributed by atoms with Crippen molar-refractivity contribution in [1.82, 2.24) is 10.2 Å². The number of benzene rings is 3. The molecular formula is C34H39N3O3. The van der Waals surface area contributed by atoms with Gasteiger partial charge in [-0.25, -0.2) is 0 Å². The van der Waals surface area contributed by atoms with Crippen LogP contribution in [0.1, 0.15) is 53.7 Å². The van der Waals surface area contributed by atoms with E-state index in [1.807, 2.05) is 61.5 Å². The van der Waals surface area contributed by atoms with Gasteiger partial charge >= 0.3 is 0 Å². The Morgan fingerprint density at radius 1 is 1.00 bits per heavy atom. The molecule has 1 N–H and O–H groups in total. The summed E-state index contributed by atoms with van der Waals surface area (Å²) in [5.74, 6) is 2.11. The van der Waals surface area contributed by atoms with Crippen LogP contribution >= 0.6 is 0 Å². The summed E-state index contributed by atoms with van der Waals surface area (Å²) >= 11 is 0. The molecule has 3 aromatic carbocycles. The number of piperidine rings is 1. The van der Waals surface area contributed by atoms with Gasteiger partial charge in [-0.3, -0.25) is 14.5 Å². The van der Waals surface area contributed by atoms with Gasteiger partial charge in [-0.2, -0.15) is 0 Å². The molecular weight excluding hydrogens is 498 g/mol. The smallest absolute Gasteiger partial charge is 0.294 e. The highest BCUT2D eigenvalue weighted by Crippen LogP contribution is 2.36. The predicted octanol–water partition coefficient (Wildman–Crippen LogP) is 6.06. The number of amides is 2. The fraction of sp³-hybridized carbons (Fsp3) is 0.353. The lowest BCUT2D eigenvalue weighted by Crippen LogP contribution is -2.40. The monoisotopic (exact) mass is 537 g/mol. The first-order valence-corrected chi connectivity index (χ1v) is 14.3. The Kier molecular flexibility index (Phi) is 8.66. The Labute approximate surface area is 237 Å². The van der Waals surface area contributed by atoms with Gasteiger partial charge in [0.1, 0.15) is 0 Å². The summed E-state index contributed by atoms with van der Waals surface area (Å²) in [4.78, 5) is 30.5. The second kappa shape index (κ2) is 12.5. The first kappa shape index (κ1) is 27.7. The minimum Gasteiger partial charge on any atom is -0.449 e. The minimum absolute atomic E-state index is 0.0807. The lowest BCUT2D eigenvalue weighted by molar-refractivity contribution is -0.117. The van der Waals surface area contributed by atoms with Gasteiger partial charge in [-0.15, -0.1) is 0 Å². The quantitative estimate of drug-likeness (QED) is 0.280. The number of nitrogens with one attached hydrogen (secondary N) is 1. The molecule has 2 heterocycles. The van der Waals surface area contributed by atoms with Crippen LogP contribution in [0.5, 0.6) is 5.75 Å². The molecule has 1 saturated heterocycles. The van der Waals surface area contributed by atoms with E-state index in [9.17, 15) is 9.59 Å². The summed E-state index contributed by atoms with van der Waals surface area (Å²) in [6.45, 7) is 11.1. The van der Waals surface area contributed by atoms with Crippen LogP contribution in [0.15, 0.2) is 78.6 Å². The zero-order valence-electron chi connectivity index (χ0n) is 23.7. The van der Waals surface area contributed by atoms with E-state index in [1.165, 1.54) is 6.42 Å². The van der Waals surface area contributed by atoms with Crippen molar-refractivity contribution in [3.05, 3.63) is 101 Å². The van der Waals surface area contributed by atoms with Crippen LogP contribution in [0, 0.1) is 18.8 Å². The number of ether oxygens (including phenoxy) is 1. The van der Waals surface area contributed by atoms with Crippen molar-refractivity contribution in [2.45, 2.75) is 40.2 Å². The number of carbonyl (C=O) groups is 2. The molecule has 0 aliphatic carbocycles. The van der Waals surface area contributed by atoms with E-state index in [0.717, 1.165) is 60.3 Å². The van der Waals surface area contributed by atoms with Gasteiger partial charge in [0, 0.05) is 25.2 Å². The number of hydrogen-bond acceptors (Lipinski definition) is 4. The van der Waals surface area contributed by atoms with Crippen molar-refractivity contribution in [1.29, 1.82) is 0 Å². The van der Waals surface area contributed by atoms with Crippen LogP contribution < -0.4 is 15.0 Å². The molecule has 0 spiro atoms. The molecule has 0 aromatic heterocycles. The van der Waals surface area contributed by atoms with Crippen LogP contribution in [-0.2, 0) is 11.3 Å². The van der Waals surface area contributed by atoms with Gasteiger partial charge in [0.2, 0.25) is 0 Å². The highest BCUT2D eigenvalue weighted by molar-refractivity contribution is 6.09. The van der Waals surface area contributed by atoms with Crippen LogP contribution in [0.4, 0.5) is 5.69 Å². The van der Waals surface area contributed by atoms with Crippen molar-refractivity contribution in [3.63, 3.8) is 0 Å². The molecule has 6 nitrogen and oxygen atoms in total. The Bertz CT molecular complexity index is 1370. The molecule has 208 valence electrons. The number of aryl methyl sites for hydroxylation is 1. The second-order valence-corrected chi connectivity index (χ2v) is 11.4. The van der Waals surface area contributed by atoms with Gasteiger partial charge in [0.15, 0.2) is 11.5 Å². The number of rotatable bonds is 8. The Morgan fingerprint density at radius 3 is 2.50 bits per heavy atom. The largest absolute Gasteiger partial charge is 0.449 e. The lowest BCUT2D eigenvalue weighted by Gasteiger charge is -2.34. The summed E-state index contributed by atoms with van der Waals surface area (Å²) < 4.78 is 6.03. The number of fused-ring (bicyclic) bond motifs is 1. The van der Waals surface area contributed by atoms with Crippen molar-refractivity contribution in [2.24, 2.45) is 11.8 Å². The van der Waals surface area contributed by atoms with Crippen molar-refractivity contribution >= 4 is 23.6 Å². The van der Waals surface area contributed by atoms with E-state index >= 15 is 0 Å². The van der Waals surface area contributed by atoms with E-state index in [-0.39, 0.29) is 17.6 Å². The van der Waals surface area contributed by atoms with Gasteiger partial charge in [0.25, 0.3) is 11.8 Å². The first-order valence-electron chi connectivity index (χ1n) is 14.3. The number of nitrogens with zero attached hydrogens (tertiary/aromatic N) is 2. The third-order valence-corrected chi connectivity index (χ3v) is 7.61. The van der Waals surface area contributed by atoms with Crippen molar-refractivity contribution in [2.75, 3.05) is 31.1 Å². The standard InChI is InChI=1S/C34H39N3O3/c1-24-8-6-9-28(19-24)23-37-30-10-4-5-11-31(30)40-32(34(37)39)20-27-12-14-29(15-13-27)33(38)35-16-7-17-36-21-25(2)18-26(3)22-36/h4-6,8-15,19-20,25-26H,7,16-18,21-23H2,1-3H3,(H,35,38)/b32-20+. The highest BCUT2D eigenvalue weighted by Gasteiger charge is 2.30. The van der Waals surface area contributed by atoms with Crippen LogP contribution in [-0.4, -0.2) is 42.9 Å². The molecule has 0 bridgehead atoms. The normalized spacial score (nSPS) is 20.2. The molecule has 0 radical (unpaired) electrons. The van der Waals surface area contributed by atoms with E-state index in [1.54, 1.807) is 23.1 Å². The molecule has 2 unspecified atom stereocenters.